The van der Waals surface area contributed by atoms with Gasteiger partial charge in [-0.3, -0.25) is 4.79 Å². The van der Waals surface area contributed by atoms with E-state index in [4.69, 9.17) is 4.74 Å². The third kappa shape index (κ3) is 3.35. The lowest BCUT2D eigenvalue weighted by molar-refractivity contribution is -0.139. The van der Waals surface area contributed by atoms with Gasteiger partial charge in [0, 0.05) is 11.9 Å². The summed E-state index contributed by atoms with van der Waals surface area (Å²) < 4.78 is 45.9. The van der Waals surface area contributed by atoms with Gasteiger partial charge in [0.2, 0.25) is 0 Å². The van der Waals surface area contributed by atoms with E-state index in [1.54, 1.807) is 41.8 Å². The number of methoxy groups -OCH3 is 1. The minimum Gasteiger partial charge on any atom is -0.469 e. The zero-order valence-corrected chi connectivity index (χ0v) is 15.2. The number of pyridine rings is 1. The van der Waals surface area contributed by atoms with Crippen molar-refractivity contribution in [2.24, 2.45) is 0 Å². The summed E-state index contributed by atoms with van der Waals surface area (Å²) in [5, 5.41) is 0. The number of carbonyl (C=O) groups is 1. The van der Waals surface area contributed by atoms with Gasteiger partial charge < -0.3 is 9.14 Å². The van der Waals surface area contributed by atoms with Crippen molar-refractivity contribution >= 4 is 21.3 Å². The number of fused-ring (bicyclic) bond motifs is 1. The molecule has 0 spiro atoms. The maximum Gasteiger partial charge on any atom is 0.311 e. The summed E-state index contributed by atoms with van der Waals surface area (Å²) in [5.41, 5.74) is 1.91. The van der Waals surface area contributed by atoms with Gasteiger partial charge in [0.1, 0.15) is 5.82 Å². The number of sulfone groups is 1. The molecule has 0 saturated carbocycles. The number of ether oxygens (including phenoxy) is 1. The summed E-state index contributed by atoms with van der Waals surface area (Å²) in [6, 6.07) is 10.7. The van der Waals surface area contributed by atoms with E-state index in [9.17, 15) is 17.6 Å². The molecule has 26 heavy (non-hydrogen) atoms. The van der Waals surface area contributed by atoms with E-state index in [2.05, 4.69) is 0 Å². The molecule has 0 radical (unpaired) electrons. The van der Waals surface area contributed by atoms with Crippen LogP contribution in [0.1, 0.15) is 16.8 Å². The Balaban J connectivity index is 2.15. The molecule has 3 rings (SSSR count). The minimum atomic E-state index is -3.75. The summed E-state index contributed by atoms with van der Waals surface area (Å²) in [5.74, 6) is -1.26. The maximum atomic E-state index is 13.4. The molecule has 1 aromatic carbocycles. The number of carbonyl (C=O) groups excluding carboxylic acids is 1. The van der Waals surface area contributed by atoms with Crippen LogP contribution in [0.3, 0.4) is 0 Å². The molecule has 0 amide bonds. The number of hydrogen-bond acceptors (Lipinski definition) is 4. The fourth-order valence-corrected chi connectivity index (χ4v) is 4.94. The van der Waals surface area contributed by atoms with Gasteiger partial charge in [-0.15, -0.1) is 0 Å². The van der Waals surface area contributed by atoms with E-state index < -0.39 is 21.6 Å². The van der Waals surface area contributed by atoms with E-state index in [-0.39, 0.29) is 17.1 Å². The van der Waals surface area contributed by atoms with Crippen molar-refractivity contribution in [2.45, 2.75) is 24.0 Å². The van der Waals surface area contributed by atoms with Crippen LogP contribution in [0.15, 0.2) is 53.6 Å². The van der Waals surface area contributed by atoms with Crippen molar-refractivity contribution in [3.8, 4) is 0 Å². The molecule has 3 aromatic rings. The topological polar surface area (TPSA) is 64.9 Å². The van der Waals surface area contributed by atoms with Crippen LogP contribution in [0.2, 0.25) is 0 Å². The molecule has 7 heteroatoms. The first-order valence-corrected chi connectivity index (χ1v) is 9.61. The summed E-state index contributed by atoms with van der Waals surface area (Å²) in [6.07, 6.45) is 1.67. The van der Waals surface area contributed by atoms with Crippen LogP contribution >= 0.6 is 0 Å². The first-order chi connectivity index (χ1) is 12.3. The number of esters is 1. The SMILES string of the molecule is COC(=O)Cc1c(C)c(S(=O)(=O)Cc2cccc(F)c2)c2ccccn12. The fraction of sp³-hybridized carbons (Fsp3) is 0.211. The second-order valence-electron chi connectivity index (χ2n) is 6.00. The predicted molar refractivity (Wildman–Crippen MR) is 95.1 cm³/mol. The number of nitrogens with zero attached hydrogens (tertiary/aromatic N) is 1. The molecule has 0 fully saturated rings. The Morgan fingerprint density at radius 2 is 1.96 bits per heavy atom. The lowest BCUT2D eigenvalue weighted by atomic mass is 10.2. The summed E-state index contributed by atoms with van der Waals surface area (Å²) in [6.45, 7) is 1.67. The van der Waals surface area contributed by atoms with Crippen LogP contribution in [0.5, 0.6) is 0 Å². The van der Waals surface area contributed by atoms with E-state index in [1.165, 1.54) is 25.3 Å². The highest BCUT2D eigenvalue weighted by Gasteiger charge is 2.27. The highest BCUT2D eigenvalue weighted by Crippen LogP contribution is 2.30. The van der Waals surface area contributed by atoms with Crippen LogP contribution in [0.25, 0.3) is 5.52 Å². The van der Waals surface area contributed by atoms with Gasteiger partial charge in [0.15, 0.2) is 9.84 Å². The zero-order chi connectivity index (χ0) is 18.9. The Hall–Kier alpha value is -2.67. The molecular formula is C19H18FNO4S. The molecule has 0 bridgehead atoms. The molecule has 0 saturated heterocycles. The monoisotopic (exact) mass is 375 g/mol. The highest BCUT2D eigenvalue weighted by molar-refractivity contribution is 7.91. The highest BCUT2D eigenvalue weighted by atomic mass is 32.2. The Bertz CT molecular complexity index is 1090. The van der Waals surface area contributed by atoms with Crippen LogP contribution in [-0.2, 0) is 31.5 Å². The Morgan fingerprint density at radius 3 is 2.65 bits per heavy atom. The molecule has 2 heterocycles. The van der Waals surface area contributed by atoms with Gasteiger partial charge in [-0.1, -0.05) is 18.2 Å². The smallest absolute Gasteiger partial charge is 0.311 e. The van der Waals surface area contributed by atoms with E-state index in [0.29, 0.717) is 22.3 Å². The first-order valence-electron chi connectivity index (χ1n) is 7.96. The second-order valence-corrected chi connectivity index (χ2v) is 7.93. The summed E-state index contributed by atoms with van der Waals surface area (Å²) in [7, 11) is -2.46. The maximum absolute atomic E-state index is 13.4. The number of hydrogen-bond donors (Lipinski definition) is 0. The molecule has 0 aliphatic rings. The molecule has 0 unspecified atom stereocenters. The van der Waals surface area contributed by atoms with Crippen molar-refractivity contribution in [1.82, 2.24) is 4.40 Å². The van der Waals surface area contributed by atoms with E-state index in [0.717, 1.165) is 0 Å². The number of rotatable bonds is 5. The van der Waals surface area contributed by atoms with Crippen molar-refractivity contribution < 1.29 is 22.3 Å². The molecule has 2 aromatic heterocycles. The van der Waals surface area contributed by atoms with Gasteiger partial charge in [-0.05, 0) is 42.3 Å². The number of aromatic nitrogens is 1. The molecule has 5 nitrogen and oxygen atoms in total. The second kappa shape index (κ2) is 6.92. The van der Waals surface area contributed by atoms with E-state index in [1.807, 2.05) is 0 Å². The third-order valence-corrected chi connectivity index (χ3v) is 6.10. The predicted octanol–water partition coefficient (Wildman–Crippen LogP) is 3.08. The van der Waals surface area contributed by atoms with Gasteiger partial charge >= 0.3 is 5.97 Å². The molecule has 0 aliphatic carbocycles. The van der Waals surface area contributed by atoms with Gasteiger partial charge in [0.05, 0.1) is 29.7 Å². The van der Waals surface area contributed by atoms with Crippen molar-refractivity contribution in [3.05, 3.63) is 71.3 Å². The molecule has 136 valence electrons. The van der Waals surface area contributed by atoms with Gasteiger partial charge in [-0.2, -0.15) is 0 Å². The van der Waals surface area contributed by atoms with Crippen molar-refractivity contribution in [2.75, 3.05) is 7.11 Å². The van der Waals surface area contributed by atoms with Crippen LogP contribution in [-0.4, -0.2) is 25.9 Å². The average Bonchev–Trinajstić information content (AvgIpc) is 2.87. The normalized spacial score (nSPS) is 11.7. The average molecular weight is 375 g/mol. The largest absolute Gasteiger partial charge is 0.469 e. The minimum absolute atomic E-state index is 0.0387. The Morgan fingerprint density at radius 1 is 1.19 bits per heavy atom. The fourth-order valence-electron chi connectivity index (χ4n) is 3.10. The molecule has 0 atom stereocenters. The van der Waals surface area contributed by atoms with E-state index >= 15 is 0 Å². The number of halogens is 1. The van der Waals surface area contributed by atoms with Crippen molar-refractivity contribution in [1.29, 1.82) is 0 Å². The Labute approximate surface area is 150 Å². The first kappa shape index (κ1) is 18.1. The van der Waals surface area contributed by atoms with Crippen LogP contribution in [0, 0.1) is 12.7 Å². The lowest BCUT2D eigenvalue weighted by Gasteiger charge is -2.06. The quantitative estimate of drug-likeness (QED) is 0.643. The molecule has 0 N–H and O–H groups in total. The third-order valence-electron chi connectivity index (χ3n) is 4.25. The van der Waals surface area contributed by atoms with Gasteiger partial charge in [-0.25, -0.2) is 12.8 Å². The molecular weight excluding hydrogens is 357 g/mol. The standard InChI is InChI=1S/C19H18FNO4S/c1-13-17(11-18(22)25-2)21-9-4-3-8-16(21)19(13)26(23,24)12-14-6-5-7-15(20)10-14/h3-10H,11-12H2,1-2H3. The Kier molecular flexibility index (Phi) is 4.82. The number of benzene rings is 1. The zero-order valence-electron chi connectivity index (χ0n) is 14.4. The van der Waals surface area contributed by atoms with Gasteiger partial charge in [0.25, 0.3) is 0 Å². The van der Waals surface area contributed by atoms with Crippen LogP contribution < -0.4 is 0 Å². The lowest BCUT2D eigenvalue weighted by Crippen LogP contribution is -2.08. The summed E-state index contributed by atoms with van der Waals surface area (Å²) >= 11 is 0. The molecule has 0 aliphatic heterocycles. The van der Waals surface area contributed by atoms with Crippen molar-refractivity contribution in [3.63, 3.8) is 0 Å². The van der Waals surface area contributed by atoms with Crippen LogP contribution in [0.4, 0.5) is 4.39 Å². The summed E-state index contributed by atoms with van der Waals surface area (Å²) in [4.78, 5) is 11.9.